The Hall–Kier alpha value is -0.670. The molecule has 0 aliphatic carbocycles. The van der Waals surface area contributed by atoms with Crippen LogP contribution in [-0.4, -0.2) is 19.0 Å². The summed E-state index contributed by atoms with van der Waals surface area (Å²) in [6.45, 7) is 7.41. The fourth-order valence-corrected chi connectivity index (χ4v) is 2.42. The van der Waals surface area contributed by atoms with Crippen LogP contribution in [0.3, 0.4) is 0 Å². The van der Waals surface area contributed by atoms with Gasteiger partial charge in [0.15, 0.2) is 5.78 Å². The number of carbonyl (C=O) groups excluding carboxylic acids is 1. The standard InChI is InChI=1S/C14H22O2S/c1-4-12-7-8-14(17-12)13(15)10-16-9-5-6-11(2)3/h7-8,11H,4-6,9-10H2,1-3H3. The van der Waals surface area contributed by atoms with Gasteiger partial charge in [0, 0.05) is 11.5 Å². The first-order chi connectivity index (χ1) is 8.13. The maximum atomic E-state index is 11.8. The van der Waals surface area contributed by atoms with Gasteiger partial charge in [-0.15, -0.1) is 11.3 Å². The summed E-state index contributed by atoms with van der Waals surface area (Å²) < 4.78 is 5.40. The molecule has 1 rings (SSSR count). The average Bonchev–Trinajstić information content (AvgIpc) is 2.76. The molecule has 3 heteroatoms. The predicted molar refractivity (Wildman–Crippen MR) is 72.9 cm³/mol. The highest BCUT2D eigenvalue weighted by Crippen LogP contribution is 2.17. The molecule has 2 nitrogen and oxygen atoms in total. The zero-order valence-corrected chi connectivity index (χ0v) is 11.8. The lowest BCUT2D eigenvalue weighted by Crippen LogP contribution is -2.08. The van der Waals surface area contributed by atoms with Crippen LogP contribution in [0.25, 0.3) is 0 Å². The van der Waals surface area contributed by atoms with Crippen molar-refractivity contribution < 1.29 is 9.53 Å². The number of aryl methyl sites for hydroxylation is 1. The van der Waals surface area contributed by atoms with Gasteiger partial charge >= 0.3 is 0 Å². The zero-order valence-electron chi connectivity index (χ0n) is 11.0. The average molecular weight is 254 g/mol. The topological polar surface area (TPSA) is 26.3 Å². The van der Waals surface area contributed by atoms with Crippen LogP contribution < -0.4 is 0 Å². The number of ketones is 1. The van der Waals surface area contributed by atoms with E-state index in [-0.39, 0.29) is 12.4 Å². The van der Waals surface area contributed by atoms with Crippen molar-refractivity contribution in [2.24, 2.45) is 5.92 Å². The maximum absolute atomic E-state index is 11.8. The van der Waals surface area contributed by atoms with Crippen molar-refractivity contribution in [2.45, 2.75) is 40.0 Å². The molecule has 1 heterocycles. The summed E-state index contributed by atoms with van der Waals surface area (Å²) >= 11 is 1.58. The summed E-state index contributed by atoms with van der Waals surface area (Å²) in [5.41, 5.74) is 0. The Morgan fingerprint density at radius 2 is 2.18 bits per heavy atom. The summed E-state index contributed by atoms with van der Waals surface area (Å²) in [4.78, 5) is 13.8. The lowest BCUT2D eigenvalue weighted by atomic mass is 10.1. The molecule has 0 spiro atoms. The number of rotatable bonds is 8. The fraction of sp³-hybridized carbons (Fsp3) is 0.643. The molecule has 0 fully saturated rings. The molecule has 0 aromatic carbocycles. The van der Waals surface area contributed by atoms with E-state index >= 15 is 0 Å². The van der Waals surface area contributed by atoms with Crippen LogP contribution in [0.4, 0.5) is 0 Å². The normalized spacial score (nSPS) is 11.1. The molecule has 0 atom stereocenters. The minimum atomic E-state index is 0.110. The second-order valence-electron chi connectivity index (χ2n) is 4.63. The van der Waals surface area contributed by atoms with Crippen LogP contribution in [-0.2, 0) is 11.2 Å². The Labute approximate surface area is 108 Å². The highest BCUT2D eigenvalue weighted by molar-refractivity contribution is 7.14. The summed E-state index contributed by atoms with van der Waals surface area (Å²) in [5, 5.41) is 0. The minimum absolute atomic E-state index is 0.110. The van der Waals surface area contributed by atoms with Gasteiger partial charge in [-0.3, -0.25) is 4.79 Å². The van der Waals surface area contributed by atoms with E-state index in [1.54, 1.807) is 11.3 Å². The van der Waals surface area contributed by atoms with Crippen LogP contribution in [0.1, 0.15) is 48.2 Å². The first-order valence-electron chi connectivity index (χ1n) is 6.33. The summed E-state index contributed by atoms with van der Waals surface area (Å²) in [5.74, 6) is 0.818. The van der Waals surface area contributed by atoms with Crippen LogP contribution in [0.5, 0.6) is 0 Å². The molecule has 0 saturated carbocycles. The van der Waals surface area contributed by atoms with Gasteiger partial charge in [0.25, 0.3) is 0 Å². The maximum Gasteiger partial charge on any atom is 0.198 e. The number of carbonyl (C=O) groups is 1. The number of Topliss-reactive ketones (excluding diaryl/α,β-unsaturated/α-hetero) is 1. The highest BCUT2D eigenvalue weighted by atomic mass is 32.1. The fourth-order valence-electron chi connectivity index (χ4n) is 1.55. The van der Waals surface area contributed by atoms with Crippen molar-refractivity contribution in [1.29, 1.82) is 0 Å². The molecule has 0 saturated heterocycles. The van der Waals surface area contributed by atoms with Gasteiger partial charge in [-0.25, -0.2) is 0 Å². The minimum Gasteiger partial charge on any atom is -0.373 e. The molecule has 0 aliphatic heterocycles. The van der Waals surface area contributed by atoms with Gasteiger partial charge in [-0.05, 0) is 37.3 Å². The summed E-state index contributed by atoms with van der Waals surface area (Å²) in [6.07, 6.45) is 3.19. The van der Waals surface area contributed by atoms with E-state index in [1.807, 2.05) is 12.1 Å². The van der Waals surface area contributed by atoms with Crippen LogP contribution in [0, 0.1) is 5.92 Å². The largest absolute Gasteiger partial charge is 0.373 e. The molecule has 0 N–H and O–H groups in total. The van der Waals surface area contributed by atoms with Gasteiger partial charge < -0.3 is 4.74 Å². The van der Waals surface area contributed by atoms with E-state index < -0.39 is 0 Å². The van der Waals surface area contributed by atoms with Crippen molar-refractivity contribution >= 4 is 17.1 Å². The second kappa shape index (κ2) is 7.62. The van der Waals surface area contributed by atoms with E-state index in [0.29, 0.717) is 12.5 Å². The van der Waals surface area contributed by atoms with E-state index in [1.165, 1.54) is 4.88 Å². The Bertz CT molecular complexity index is 342. The molecule has 1 aromatic rings. The number of hydrogen-bond donors (Lipinski definition) is 0. The van der Waals surface area contributed by atoms with Crippen molar-refractivity contribution in [2.75, 3.05) is 13.2 Å². The van der Waals surface area contributed by atoms with Crippen molar-refractivity contribution in [3.05, 3.63) is 21.9 Å². The van der Waals surface area contributed by atoms with Gasteiger partial charge in [0.2, 0.25) is 0 Å². The lowest BCUT2D eigenvalue weighted by molar-refractivity contribution is 0.0753. The number of hydrogen-bond acceptors (Lipinski definition) is 3. The first kappa shape index (κ1) is 14.4. The Balaban J connectivity index is 2.21. The number of ether oxygens (including phenoxy) is 1. The zero-order chi connectivity index (χ0) is 12.7. The summed E-state index contributed by atoms with van der Waals surface area (Å²) in [7, 11) is 0. The lowest BCUT2D eigenvalue weighted by Gasteiger charge is -2.04. The third kappa shape index (κ3) is 5.46. The molecule has 1 aromatic heterocycles. The first-order valence-corrected chi connectivity index (χ1v) is 7.14. The van der Waals surface area contributed by atoms with Gasteiger partial charge in [-0.1, -0.05) is 20.8 Å². The van der Waals surface area contributed by atoms with E-state index in [9.17, 15) is 4.79 Å². The van der Waals surface area contributed by atoms with Crippen molar-refractivity contribution in [1.82, 2.24) is 0 Å². The second-order valence-corrected chi connectivity index (χ2v) is 5.80. The Morgan fingerprint density at radius 3 is 2.76 bits per heavy atom. The molecule has 0 aliphatic rings. The van der Waals surface area contributed by atoms with E-state index in [4.69, 9.17) is 4.74 Å². The quantitative estimate of drug-likeness (QED) is 0.519. The predicted octanol–water partition coefficient (Wildman–Crippen LogP) is 3.95. The monoisotopic (exact) mass is 254 g/mol. The molecular formula is C14H22O2S. The molecule has 0 radical (unpaired) electrons. The number of thiophene rings is 1. The van der Waals surface area contributed by atoms with Crippen LogP contribution in [0.2, 0.25) is 0 Å². The SMILES string of the molecule is CCc1ccc(C(=O)COCCCC(C)C)s1. The summed E-state index contributed by atoms with van der Waals surface area (Å²) in [6, 6.07) is 3.93. The third-order valence-corrected chi connectivity index (χ3v) is 3.86. The van der Waals surface area contributed by atoms with Crippen molar-refractivity contribution in [3.63, 3.8) is 0 Å². The third-order valence-electron chi connectivity index (χ3n) is 2.59. The van der Waals surface area contributed by atoms with Gasteiger partial charge in [0.05, 0.1) is 4.88 Å². The Kier molecular flexibility index (Phi) is 6.45. The molecule has 0 bridgehead atoms. The molecule has 96 valence electrons. The van der Waals surface area contributed by atoms with E-state index in [2.05, 4.69) is 20.8 Å². The smallest absolute Gasteiger partial charge is 0.198 e. The van der Waals surface area contributed by atoms with Crippen LogP contribution in [0.15, 0.2) is 12.1 Å². The molecular weight excluding hydrogens is 232 g/mol. The van der Waals surface area contributed by atoms with Crippen molar-refractivity contribution in [3.8, 4) is 0 Å². The van der Waals surface area contributed by atoms with Crippen LogP contribution >= 0.6 is 11.3 Å². The molecule has 0 amide bonds. The Morgan fingerprint density at radius 1 is 1.41 bits per heavy atom. The van der Waals surface area contributed by atoms with E-state index in [0.717, 1.165) is 24.1 Å². The molecule has 0 unspecified atom stereocenters. The van der Waals surface area contributed by atoms with Gasteiger partial charge in [0.1, 0.15) is 6.61 Å². The molecule has 17 heavy (non-hydrogen) atoms. The highest BCUT2D eigenvalue weighted by Gasteiger charge is 2.08. The van der Waals surface area contributed by atoms with Gasteiger partial charge in [-0.2, -0.15) is 0 Å².